The average Bonchev–Trinajstić information content (AvgIpc) is 3.18. The molecule has 134 valence electrons. The molecule has 0 N–H and O–H groups in total. The number of aryl methyl sites for hydroxylation is 1. The van der Waals surface area contributed by atoms with Crippen molar-refractivity contribution in [2.45, 2.75) is 95.3 Å². The van der Waals surface area contributed by atoms with Gasteiger partial charge in [-0.1, -0.05) is 0 Å². The molecule has 2 aromatic heterocycles. The predicted molar refractivity (Wildman–Crippen MR) is 109 cm³/mol. The van der Waals surface area contributed by atoms with Crippen molar-refractivity contribution in [3.05, 3.63) is 17.4 Å². The molecule has 2 radical (unpaired) electrons. The van der Waals surface area contributed by atoms with Crippen molar-refractivity contribution >= 4 is 41.0 Å². The first-order valence-corrected chi connectivity index (χ1v) is 13.6. The summed E-state index contributed by atoms with van der Waals surface area (Å²) in [4.78, 5) is 7.42. The van der Waals surface area contributed by atoms with Gasteiger partial charge in [-0.25, -0.2) is 0 Å². The Labute approximate surface area is 162 Å². The van der Waals surface area contributed by atoms with E-state index in [9.17, 15) is 0 Å². The van der Waals surface area contributed by atoms with Crippen molar-refractivity contribution in [1.29, 1.82) is 0 Å². The Balaban J connectivity index is 2.33. The van der Waals surface area contributed by atoms with E-state index >= 15 is 0 Å². The zero-order valence-electron chi connectivity index (χ0n) is 16.0. The van der Waals surface area contributed by atoms with E-state index in [1.54, 1.807) is 8.59 Å². The number of nitrogens with zero attached hydrogens (tertiary/aromatic N) is 2. The van der Waals surface area contributed by atoms with Crippen LogP contribution in [-0.2, 0) is 6.42 Å². The van der Waals surface area contributed by atoms with Crippen LogP contribution in [0.5, 0.6) is 0 Å². The summed E-state index contributed by atoms with van der Waals surface area (Å²) < 4.78 is 4.84. The Morgan fingerprint density at radius 2 is 1.58 bits per heavy atom. The topological polar surface area (TPSA) is 17.3 Å². The van der Waals surface area contributed by atoms with Gasteiger partial charge in [0, 0.05) is 0 Å². The summed E-state index contributed by atoms with van der Waals surface area (Å²) in [6.45, 7) is 9.39. The number of hydrogen-bond donors (Lipinski definition) is 0. The average molecular weight is 453 g/mol. The van der Waals surface area contributed by atoms with Gasteiger partial charge in [0.05, 0.1) is 0 Å². The Bertz CT molecular complexity index is 580. The number of aromatic nitrogens is 2. The minimum absolute atomic E-state index is 0.660. The van der Waals surface area contributed by atoms with E-state index in [-0.39, 0.29) is 0 Å². The molecule has 0 aliphatic heterocycles. The van der Waals surface area contributed by atoms with Gasteiger partial charge in [-0.15, -0.1) is 0 Å². The Morgan fingerprint density at radius 3 is 2.08 bits per heavy atom. The Morgan fingerprint density at radius 1 is 1.00 bits per heavy atom. The SMILES string of the molecule is CCCC[C](CCCC)(CCCC)[Sn][c]1c(CC)sc2cncn12. The molecule has 0 unspecified atom stereocenters. The zero-order valence-corrected chi connectivity index (χ0v) is 19.7. The van der Waals surface area contributed by atoms with Gasteiger partial charge in [0.25, 0.3) is 0 Å². The summed E-state index contributed by atoms with van der Waals surface area (Å²) in [7, 11) is 0. The van der Waals surface area contributed by atoms with Gasteiger partial charge < -0.3 is 0 Å². The maximum atomic E-state index is 4.41. The summed E-state index contributed by atoms with van der Waals surface area (Å²) in [6.07, 6.45) is 17.9. The van der Waals surface area contributed by atoms with Gasteiger partial charge in [0.15, 0.2) is 0 Å². The molecule has 0 aromatic carbocycles. The van der Waals surface area contributed by atoms with Crippen LogP contribution in [0.1, 0.15) is 90.4 Å². The molecular weight excluding hydrogens is 419 g/mol. The quantitative estimate of drug-likeness (QED) is 0.360. The molecule has 2 rings (SSSR count). The third-order valence-electron chi connectivity index (χ3n) is 5.07. The number of hydrogen-bond acceptors (Lipinski definition) is 2. The second-order valence-electron chi connectivity index (χ2n) is 7.05. The van der Waals surface area contributed by atoms with E-state index < -0.39 is 21.1 Å². The van der Waals surface area contributed by atoms with Crippen LogP contribution in [-0.4, -0.2) is 30.5 Å². The van der Waals surface area contributed by atoms with Crippen molar-refractivity contribution < 1.29 is 0 Å². The molecular formula is C20H34N2SSn. The van der Waals surface area contributed by atoms with Crippen molar-refractivity contribution in [1.82, 2.24) is 9.38 Å². The van der Waals surface area contributed by atoms with Crippen LogP contribution < -0.4 is 3.71 Å². The van der Waals surface area contributed by atoms with Crippen LogP contribution in [0.3, 0.4) is 0 Å². The van der Waals surface area contributed by atoms with Crippen molar-refractivity contribution in [2.24, 2.45) is 0 Å². The Hall–Kier alpha value is -0.0313. The monoisotopic (exact) mass is 454 g/mol. The van der Waals surface area contributed by atoms with Gasteiger partial charge in [-0.2, -0.15) is 0 Å². The third kappa shape index (κ3) is 5.00. The van der Waals surface area contributed by atoms with Crippen LogP contribution in [0.4, 0.5) is 0 Å². The fraction of sp³-hybridized carbons (Fsp3) is 0.750. The first-order valence-electron chi connectivity index (χ1n) is 9.91. The molecule has 0 atom stereocenters. The van der Waals surface area contributed by atoms with Crippen LogP contribution in [0, 0.1) is 0 Å². The molecule has 0 saturated carbocycles. The van der Waals surface area contributed by atoms with E-state index in [0.29, 0.717) is 3.43 Å². The summed E-state index contributed by atoms with van der Waals surface area (Å²) in [5.74, 6) is 0. The van der Waals surface area contributed by atoms with E-state index in [1.165, 1.54) is 69.0 Å². The molecule has 0 aliphatic carbocycles. The molecule has 2 heterocycles. The molecule has 0 bridgehead atoms. The van der Waals surface area contributed by atoms with Crippen LogP contribution in [0.15, 0.2) is 12.5 Å². The van der Waals surface area contributed by atoms with Crippen molar-refractivity contribution in [3.63, 3.8) is 0 Å². The zero-order chi connectivity index (χ0) is 17.4. The van der Waals surface area contributed by atoms with E-state index in [4.69, 9.17) is 0 Å². The molecule has 24 heavy (non-hydrogen) atoms. The second-order valence-corrected chi connectivity index (χ2v) is 13.3. The molecule has 0 saturated heterocycles. The molecule has 0 amide bonds. The van der Waals surface area contributed by atoms with Crippen LogP contribution >= 0.6 is 11.3 Å². The van der Waals surface area contributed by atoms with Crippen LogP contribution in [0.2, 0.25) is 3.43 Å². The molecule has 0 spiro atoms. The first kappa shape index (κ1) is 20.3. The third-order valence-corrected chi connectivity index (χ3v) is 12.7. The summed E-state index contributed by atoms with van der Waals surface area (Å²) >= 11 is 1.31. The molecule has 2 nitrogen and oxygen atoms in total. The first-order chi connectivity index (χ1) is 11.7. The van der Waals surface area contributed by atoms with Crippen LogP contribution in [0.25, 0.3) is 4.83 Å². The summed E-state index contributed by atoms with van der Waals surface area (Å²) in [6, 6.07) is 0. The number of thiazole rings is 1. The minimum atomic E-state index is -0.673. The summed E-state index contributed by atoms with van der Waals surface area (Å²) in [5, 5.41) is 0. The van der Waals surface area contributed by atoms with E-state index in [1.807, 2.05) is 11.3 Å². The summed E-state index contributed by atoms with van der Waals surface area (Å²) in [5.41, 5.74) is 0. The normalized spacial score (nSPS) is 12.3. The number of imidazole rings is 1. The standard InChI is InChI=1S/C13H27.C7H7N2S.Sn/c1-4-7-10-13(11-8-5-2)12-9-6-3;1-2-6-4-9-5-8-3-7(9)10-6;/h4-12H2,1-3H3;3,5H,2H2,1H3;. The number of unbranched alkanes of at least 4 members (excludes halogenated alkanes) is 3. The molecule has 0 aliphatic rings. The Kier molecular flexibility index (Phi) is 8.62. The maximum absolute atomic E-state index is 4.41. The van der Waals surface area contributed by atoms with Crippen molar-refractivity contribution in [3.8, 4) is 0 Å². The van der Waals surface area contributed by atoms with Gasteiger partial charge in [-0.3, -0.25) is 0 Å². The fourth-order valence-corrected chi connectivity index (χ4v) is 11.3. The van der Waals surface area contributed by atoms with Gasteiger partial charge in [-0.05, 0) is 0 Å². The van der Waals surface area contributed by atoms with E-state index in [2.05, 4.69) is 49.6 Å². The number of fused-ring (bicyclic) bond motifs is 1. The fourth-order valence-electron chi connectivity index (χ4n) is 3.56. The molecule has 2 aromatic rings. The second kappa shape index (κ2) is 10.2. The van der Waals surface area contributed by atoms with Crippen molar-refractivity contribution in [2.75, 3.05) is 0 Å². The van der Waals surface area contributed by atoms with Gasteiger partial charge >= 0.3 is 163 Å². The molecule has 4 heteroatoms. The molecule has 0 fully saturated rings. The number of rotatable bonds is 12. The predicted octanol–water partition coefficient (Wildman–Crippen LogP) is 6.02. The van der Waals surface area contributed by atoms with E-state index in [0.717, 1.165) is 0 Å². The van der Waals surface area contributed by atoms with Gasteiger partial charge in [0.1, 0.15) is 0 Å². The van der Waals surface area contributed by atoms with Gasteiger partial charge in [0.2, 0.25) is 0 Å².